The second kappa shape index (κ2) is 10.1. The van der Waals surface area contributed by atoms with Gasteiger partial charge in [0.05, 0.1) is 12.0 Å². The van der Waals surface area contributed by atoms with Crippen LogP contribution in [0.25, 0.3) is 0 Å². The Morgan fingerprint density at radius 1 is 1.03 bits per heavy atom. The third-order valence-electron chi connectivity index (χ3n) is 6.36. The van der Waals surface area contributed by atoms with Gasteiger partial charge in [-0.1, -0.05) is 72.3 Å². The molecule has 0 aliphatic carbocycles. The van der Waals surface area contributed by atoms with Crippen LogP contribution in [-0.2, 0) is 11.3 Å². The lowest BCUT2D eigenvalue weighted by molar-refractivity contribution is -0.127. The van der Waals surface area contributed by atoms with Gasteiger partial charge in [0, 0.05) is 19.6 Å². The number of piperidine rings is 1. The Morgan fingerprint density at radius 2 is 1.81 bits per heavy atom. The lowest BCUT2D eigenvalue weighted by Gasteiger charge is -2.38. The van der Waals surface area contributed by atoms with Gasteiger partial charge in [0.25, 0.3) is 0 Å². The molecule has 0 radical (unpaired) electrons. The van der Waals surface area contributed by atoms with Gasteiger partial charge in [0.1, 0.15) is 5.82 Å². The Labute approximate surface area is 190 Å². The van der Waals surface area contributed by atoms with Crippen LogP contribution in [0, 0.1) is 18.7 Å². The summed E-state index contributed by atoms with van der Waals surface area (Å²) >= 11 is 0. The zero-order valence-electron chi connectivity index (χ0n) is 18.8. The summed E-state index contributed by atoms with van der Waals surface area (Å²) < 4.78 is 13.7. The van der Waals surface area contributed by atoms with Gasteiger partial charge < -0.3 is 5.32 Å². The van der Waals surface area contributed by atoms with Crippen molar-refractivity contribution < 1.29 is 9.18 Å². The molecule has 1 aliphatic heterocycles. The number of hydrogen-bond donors (Lipinski definition) is 1. The molecule has 1 fully saturated rings. The van der Waals surface area contributed by atoms with Crippen LogP contribution in [0.5, 0.6) is 0 Å². The molecular weight excluding hydrogens is 399 g/mol. The van der Waals surface area contributed by atoms with Crippen molar-refractivity contribution in [2.45, 2.75) is 38.8 Å². The van der Waals surface area contributed by atoms with Crippen molar-refractivity contribution in [3.63, 3.8) is 0 Å². The maximum Gasteiger partial charge on any atom is 0.224 e. The minimum atomic E-state index is -0.222. The third kappa shape index (κ3) is 5.63. The van der Waals surface area contributed by atoms with E-state index in [1.807, 2.05) is 43.3 Å². The zero-order valence-corrected chi connectivity index (χ0v) is 18.8. The highest BCUT2D eigenvalue weighted by Crippen LogP contribution is 2.32. The fraction of sp³-hybridized carbons (Fsp3) is 0.321. The molecule has 3 aromatic carbocycles. The van der Waals surface area contributed by atoms with Gasteiger partial charge in [-0.15, -0.1) is 0 Å². The van der Waals surface area contributed by atoms with E-state index >= 15 is 0 Å². The second-order valence-corrected chi connectivity index (χ2v) is 9.01. The summed E-state index contributed by atoms with van der Waals surface area (Å²) in [6, 6.07) is 25.3. The number of benzene rings is 3. The topological polar surface area (TPSA) is 32.3 Å². The summed E-state index contributed by atoms with van der Waals surface area (Å²) in [5.74, 6) is 0.0117. The molecule has 1 saturated heterocycles. The van der Waals surface area contributed by atoms with Gasteiger partial charge in [-0.3, -0.25) is 9.69 Å². The molecule has 3 atom stereocenters. The van der Waals surface area contributed by atoms with Crippen molar-refractivity contribution in [3.05, 3.63) is 107 Å². The third-order valence-corrected chi connectivity index (χ3v) is 6.36. The SMILES string of the molecule is Cc1cccc([C@@H]2C[C@@H](C(=O)N[C@H](C)c3ccccc3)CN(Cc3cccc(F)c3)C2)c1. The van der Waals surface area contributed by atoms with Gasteiger partial charge in [0.15, 0.2) is 0 Å². The first kappa shape index (κ1) is 22.2. The fourth-order valence-electron chi connectivity index (χ4n) is 4.72. The van der Waals surface area contributed by atoms with E-state index in [4.69, 9.17) is 0 Å². The summed E-state index contributed by atoms with van der Waals surface area (Å²) in [7, 11) is 0. The van der Waals surface area contributed by atoms with E-state index in [9.17, 15) is 9.18 Å². The number of amides is 1. The molecule has 1 amide bonds. The molecule has 0 aromatic heterocycles. The molecule has 0 saturated carbocycles. The standard InChI is InChI=1S/C28H31FN2O/c1-20-8-6-12-24(14-20)25-16-26(28(32)30-21(2)23-10-4-3-5-11-23)19-31(18-25)17-22-9-7-13-27(29)15-22/h3-15,21,25-26H,16-19H2,1-2H3,(H,30,32)/t21-,25-,26-/m1/s1. The molecule has 166 valence electrons. The quantitative estimate of drug-likeness (QED) is 0.551. The molecule has 0 bridgehead atoms. The van der Waals surface area contributed by atoms with Crippen molar-refractivity contribution >= 4 is 5.91 Å². The van der Waals surface area contributed by atoms with E-state index in [1.54, 1.807) is 12.1 Å². The molecule has 3 aromatic rings. The van der Waals surface area contributed by atoms with Crippen LogP contribution >= 0.6 is 0 Å². The maximum atomic E-state index is 13.7. The average molecular weight is 431 g/mol. The Balaban J connectivity index is 1.52. The molecule has 3 nitrogen and oxygen atoms in total. The van der Waals surface area contributed by atoms with Crippen molar-refractivity contribution in [3.8, 4) is 0 Å². The number of halogens is 1. The van der Waals surface area contributed by atoms with Gasteiger partial charge in [-0.25, -0.2) is 4.39 Å². The second-order valence-electron chi connectivity index (χ2n) is 9.01. The Bertz CT molecular complexity index is 1050. The Kier molecular flexibility index (Phi) is 7.01. The molecular formula is C28H31FN2O. The number of carbonyl (C=O) groups excluding carboxylic acids is 1. The van der Waals surface area contributed by atoms with Crippen molar-refractivity contribution in [1.29, 1.82) is 0 Å². The number of rotatable bonds is 6. The van der Waals surface area contributed by atoms with Gasteiger partial charge in [-0.2, -0.15) is 0 Å². The van der Waals surface area contributed by atoms with E-state index in [2.05, 4.69) is 41.4 Å². The van der Waals surface area contributed by atoms with Crippen LogP contribution in [-0.4, -0.2) is 23.9 Å². The van der Waals surface area contributed by atoms with Crippen LogP contribution < -0.4 is 5.32 Å². The van der Waals surface area contributed by atoms with Gasteiger partial charge in [0.2, 0.25) is 5.91 Å². The zero-order chi connectivity index (χ0) is 22.5. The highest BCUT2D eigenvalue weighted by Gasteiger charge is 2.33. The summed E-state index contributed by atoms with van der Waals surface area (Å²) in [6.45, 7) is 6.30. The molecule has 32 heavy (non-hydrogen) atoms. The number of hydrogen-bond acceptors (Lipinski definition) is 2. The lowest BCUT2D eigenvalue weighted by atomic mass is 9.83. The predicted octanol–water partition coefficient (Wildman–Crippen LogP) is 5.62. The first-order valence-electron chi connectivity index (χ1n) is 11.4. The van der Waals surface area contributed by atoms with Gasteiger partial charge in [-0.05, 0) is 55.0 Å². The number of nitrogens with one attached hydrogen (secondary N) is 1. The molecule has 1 N–H and O–H groups in total. The van der Waals surface area contributed by atoms with Crippen LogP contribution in [0.4, 0.5) is 4.39 Å². The van der Waals surface area contributed by atoms with Crippen LogP contribution in [0.15, 0.2) is 78.9 Å². The fourth-order valence-corrected chi connectivity index (χ4v) is 4.72. The highest BCUT2D eigenvalue weighted by atomic mass is 19.1. The lowest BCUT2D eigenvalue weighted by Crippen LogP contribution is -2.45. The molecule has 0 unspecified atom stereocenters. The normalized spacial score (nSPS) is 20.0. The van der Waals surface area contributed by atoms with E-state index in [-0.39, 0.29) is 29.6 Å². The maximum absolute atomic E-state index is 13.7. The highest BCUT2D eigenvalue weighted by molar-refractivity contribution is 5.79. The summed E-state index contributed by atoms with van der Waals surface area (Å²) in [6.07, 6.45) is 0.816. The molecule has 1 aliphatic rings. The smallest absolute Gasteiger partial charge is 0.224 e. The van der Waals surface area contributed by atoms with Crippen molar-refractivity contribution in [2.24, 2.45) is 5.92 Å². The first-order valence-corrected chi connectivity index (χ1v) is 11.4. The Hall–Kier alpha value is -2.98. The monoisotopic (exact) mass is 430 g/mol. The van der Waals surface area contributed by atoms with E-state index in [0.29, 0.717) is 13.1 Å². The molecule has 0 spiro atoms. The van der Waals surface area contributed by atoms with Crippen molar-refractivity contribution in [1.82, 2.24) is 10.2 Å². The minimum Gasteiger partial charge on any atom is -0.349 e. The van der Waals surface area contributed by atoms with Crippen LogP contribution in [0.3, 0.4) is 0 Å². The van der Waals surface area contributed by atoms with Gasteiger partial charge >= 0.3 is 0 Å². The van der Waals surface area contributed by atoms with Crippen LogP contribution in [0.2, 0.25) is 0 Å². The summed E-state index contributed by atoms with van der Waals surface area (Å²) in [5.41, 5.74) is 4.53. The first-order chi connectivity index (χ1) is 15.5. The number of carbonyl (C=O) groups is 1. The van der Waals surface area contributed by atoms with E-state index in [0.717, 1.165) is 24.1 Å². The Morgan fingerprint density at radius 3 is 2.56 bits per heavy atom. The number of aryl methyl sites for hydroxylation is 1. The summed E-state index contributed by atoms with van der Waals surface area (Å²) in [5, 5.41) is 3.22. The summed E-state index contributed by atoms with van der Waals surface area (Å²) in [4.78, 5) is 15.6. The number of nitrogens with zero attached hydrogens (tertiary/aromatic N) is 1. The predicted molar refractivity (Wildman–Crippen MR) is 127 cm³/mol. The van der Waals surface area contributed by atoms with E-state index in [1.165, 1.54) is 17.2 Å². The molecule has 1 heterocycles. The number of likely N-dealkylation sites (tertiary alicyclic amines) is 1. The molecule has 4 heteroatoms. The molecule has 4 rings (SSSR count). The average Bonchev–Trinajstić information content (AvgIpc) is 2.79. The largest absolute Gasteiger partial charge is 0.349 e. The van der Waals surface area contributed by atoms with Crippen LogP contribution in [0.1, 0.15) is 47.6 Å². The van der Waals surface area contributed by atoms with Crippen molar-refractivity contribution in [2.75, 3.05) is 13.1 Å². The van der Waals surface area contributed by atoms with E-state index < -0.39 is 0 Å². The minimum absolute atomic E-state index is 0.0419.